The van der Waals surface area contributed by atoms with Crippen molar-refractivity contribution in [2.75, 3.05) is 20.3 Å². The SMILES string of the molecule is CCOc1ccccc1CCCNS(=O)(=O)c1cc(C)c(OC)cc1C. The third-order valence-electron chi connectivity index (χ3n) is 4.17. The van der Waals surface area contributed by atoms with E-state index in [1.54, 1.807) is 26.2 Å². The monoisotopic (exact) mass is 377 g/mol. The largest absolute Gasteiger partial charge is 0.496 e. The van der Waals surface area contributed by atoms with Crippen molar-refractivity contribution in [3.63, 3.8) is 0 Å². The molecule has 2 aromatic rings. The Bertz CT molecular complexity index is 847. The first-order valence-electron chi connectivity index (χ1n) is 8.74. The predicted molar refractivity (Wildman–Crippen MR) is 104 cm³/mol. The summed E-state index contributed by atoms with van der Waals surface area (Å²) in [6.45, 7) is 6.54. The van der Waals surface area contributed by atoms with E-state index in [4.69, 9.17) is 9.47 Å². The lowest BCUT2D eigenvalue weighted by Gasteiger charge is -2.13. The minimum Gasteiger partial charge on any atom is -0.496 e. The molecular weight excluding hydrogens is 350 g/mol. The van der Waals surface area contributed by atoms with Crippen LogP contribution in [0.4, 0.5) is 0 Å². The van der Waals surface area contributed by atoms with Crippen LogP contribution in [0.1, 0.15) is 30.0 Å². The zero-order chi connectivity index (χ0) is 19.2. The molecule has 0 saturated heterocycles. The highest BCUT2D eigenvalue weighted by molar-refractivity contribution is 7.89. The molecule has 0 amide bonds. The van der Waals surface area contributed by atoms with Gasteiger partial charge in [0.2, 0.25) is 10.0 Å². The highest BCUT2D eigenvalue weighted by atomic mass is 32.2. The second kappa shape index (κ2) is 9.05. The van der Waals surface area contributed by atoms with Gasteiger partial charge in [-0.25, -0.2) is 13.1 Å². The van der Waals surface area contributed by atoms with Gasteiger partial charge in [-0.2, -0.15) is 0 Å². The zero-order valence-corrected chi connectivity index (χ0v) is 16.7. The van der Waals surface area contributed by atoms with Gasteiger partial charge in [-0.3, -0.25) is 0 Å². The maximum atomic E-state index is 12.6. The Labute approximate surface area is 156 Å². The fourth-order valence-electron chi connectivity index (χ4n) is 2.84. The van der Waals surface area contributed by atoms with Gasteiger partial charge in [-0.05, 0) is 68.5 Å². The highest BCUT2D eigenvalue weighted by Crippen LogP contribution is 2.25. The summed E-state index contributed by atoms with van der Waals surface area (Å²) < 4.78 is 38.8. The lowest BCUT2D eigenvalue weighted by Crippen LogP contribution is -2.26. The summed E-state index contributed by atoms with van der Waals surface area (Å²) >= 11 is 0. The van der Waals surface area contributed by atoms with Crippen LogP contribution in [0.5, 0.6) is 11.5 Å². The van der Waals surface area contributed by atoms with Gasteiger partial charge in [0, 0.05) is 6.54 Å². The minimum atomic E-state index is -3.55. The molecule has 0 aliphatic rings. The van der Waals surface area contributed by atoms with E-state index in [1.807, 2.05) is 38.1 Å². The molecule has 0 spiro atoms. The van der Waals surface area contributed by atoms with Gasteiger partial charge < -0.3 is 9.47 Å². The first-order valence-corrected chi connectivity index (χ1v) is 10.2. The van der Waals surface area contributed by atoms with E-state index in [9.17, 15) is 8.42 Å². The predicted octanol–water partition coefficient (Wildman–Crippen LogP) is 3.62. The summed E-state index contributed by atoms with van der Waals surface area (Å²) in [7, 11) is -1.97. The fourth-order valence-corrected chi connectivity index (χ4v) is 4.23. The summed E-state index contributed by atoms with van der Waals surface area (Å²) in [6, 6.07) is 11.3. The molecule has 0 unspecified atom stereocenters. The van der Waals surface area contributed by atoms with Gasteiger partial charge in [-0.15, -0.1) is 0 Å². The molecule has 0 heterocycles. The van der Waals surface area contributed by atoms with Crippen LogP contribution in [-0.2, 0) is 16.4 Å². The molecule has 0 atom stereocenters. The molecule has 0 radical (unpaired) electrons. The zero-order valence-electron chi connectivity index (χ0n) is 15.8. The number of sulfonamides is 1. The van der Waals surface area contributed by atoms with Crippen LogP contribution in [0.25, 0.3) is 0 Å². The van der Waals surface area contributed by atoms with Gasteiger partial charge in [0.15, 0.2) is 0 Å². The van der Waals surface area contributed by atoms with Crippen LogP contribution in [-0.4, -0.2) is 28.7 Å². The summed E-state index contributed by atoms with van der Waals surface area (Å²) in [6.07, 6.45) is 1.44. The number of hydrogen-bond acceptors (Lipinski definition) is 4. The second-order valence-electron chi connectivity index (χ2n) is 6.13. The topological polar surface area (TPSA) is 64.6 Å². The Balaban J connectivity index is 2.00. The molecule has 0 aliphatic carbocycles. The van der Waals surface area contributed by atoms with E-state index in [0.717, 1.165) is 23.3 Å². The van der Waals surface area contributed by atoms with Crippen molar-refractivity contribution in [3.05, 3.63) is 53.1 Å². The maximum absolute atomic E-state index is 12.6. The minimum absolute atomic E-state index is 0.297. The first kappa shape index (κ1) is 20.3. The van der Waals surface area contributed by atoms with Crippen molar-refractivity contribution in [2.24, 2.45) is 0 Å². The molecule has 0 fully saturated rings. The normalized spacial score (nSPS) is 11.4. The van der Waals surface area contributed by atoms with E-state index < -0.39 is 10.0 Å². The van der Waals surface area contributed by atoms with Crippen molar-refractivity contribution in [1.29, 1.82) is 0 Å². The van der Waals surface area contributed by atoms with Crippen LogP contribution in [0.3, 0.4) is 0 Å². The van der Waals surface area contributed by atoms with E-state index in [1.165, 1.54) is 0 Å². The number of nitrogens with one attached hydrogen (secondary N) is 1. The molecule has 5 nitrogen and oxygen atoms in total. The molecule has 1 N–H and O–H groups in total. The standard InChI is InChI=1S/C20H27NO4S/c1-5-25-18-11-7-6-9-17(18)10-8-12-21-26(22,23)20-14-15(2)19(24-4)13-16(20)3/h6-7,9,11,13-14,21H,5,8,10,12H2,1-4H3. The molecular formula is C20H27NO4S. The van der Waals surface area contributed by atoms with Gasteiger partial charge in [0.1, 0.15) is 11.5 Å². The quantitative estimate of drug-likeness (QED) is 0.678. The highest BCUT2D eigenvalue weighted by Gasteiger charge is 2.18. The molecule has 2 aromatic carbocycles. The number of aryl methyl sites for hydroxylation is 3. The Hall–Kier alpha value is -2.05. The summed E-state index contributed by atoms with van der Waals surface area (Å²) in [4.78, 5) is 0.297. The molecule has 26 heavy (non-hydrogen) atoms. The third-order valence-corrected chi connectivity index (χ3v) is 5.77. The smallest absolute Gasteiger partial charge is 0.240 e. The molecule has 6 heteroatoms. The van der Waals surface area contributed by atoms with Gasteiger partial charge >= 0.3 is 0 Å². The molecule has 2 rings (SSSR count). The number of hydrogen-bond donors (Lipinski definition) is 1. The van der Waals surface area contributed by atoms with Crippen LogP contribution in [0.15, 0.2) is 41.3 Å². The van der Waals surface area contributed by atoms with Crippen molar-refractivity contribution >= 4 is 10.0 Å². The second-order valence-corrected chi connectivity index (χ2v) is 7.86. The Morgan fingerprint density at radius 3 is 2.46 bits per heavy atom. The van der Waals surface area contributed by atoms with E-state index in [-0.39, 0.29) is 0 Å². The molecule has 0 aromatic heterocycles. The summed E-state index contributed by atoms with van der Waals surface area (Å²) in [5.41, 5.74) is 2.55. The summed E-state index contributed by atoms with van der Waals surface area (Å²) in [5.74, 6) is 1.55. The number of methoxy groups -OCH3 is 1. The fraction of sp³-hybridized carbons (Fsp3) is 0.400. The van der Waals surface area contributed by atoms with Gasteiger partial charge in [0.25, 0.3) is 0 Å². The van der Waals surface area contributed by atoms with Crippen LogP contribution >= 0.6 is 0 Å². The molecule has 0 aliphatic heterocycles. The average molecular weight is 378 g/mol. The number of rotatable bonds is 9. The van der Waals surface area contributed by atoms with Crippen molar-refractivity contribution in [1.82, 2.24) is 4.72 Å². The summed E-state index contributed by atoms with van der Waals surface area (Å²) in [5, 5.41) is 0. The van der Waals surface area contributed by atoms with Crippen LogP contribution < -0.4 is 14.2 Å². The maximum Gasteiger partial charge on any atom is 0.240 e. The van der Waals surface area contributed by atoms with Crippen molar-refractivity contribution in [3.8, 4) is 11.5 Å². The van der Waals surface area contributed by atoms with E-state index in [2.05, 4.69) is 4.72 Å². The lowest BCUT2D eigenvalue weighted by atomic mass is 10.1. The number of benzene rings is 2. The van der Waals surface area contributed by atoms with Crippen molar-refractivity contribution in [2.45, 2.75) is 38.5 Å². The number of ether oxygens (including phenoxy) is 2. The Morgan fingerprint density at radius 2 is 1.77 bits per heavy atom. The van der Waals surface area contributed by atoms with Crippen LogP contribution in [0.2, 0.25) is 0 Å². The lowest BCUT2D eigenvalue weighted by molar-refractivity contribution is 0.336. The van der Waals surface area contributed by atoms with E-state index in [0.29, 0.717) is 35.8 Å². The number of para-hydroxylation sites is 1. The first-order chi connectivity index (χ1) is 12.4. The van der Waals surface area contributed by atoms with Crippen LogP contribution in [0, 0.1) is 13.8 Å². The Morgan fingerprint density at radius 1 is 1.04 bits per heavy atom. The third kappa shape index (κ3) is 4.99. The van der Waals surface area contributed by atoms with E-state index >= 15 is 0 Å². The van der Waals surface area contributed by atoms with Gasteiger partial charge in [-0.1, -0.05) is 18.2 Å². The molecule has 0 bridgehead atoms. The molecule has 0 saturated carbocycles. The Kier molecular flexibility index (Phi) is 7.06. The average Bonchev–Trinajstić information content (AvgIpc) is 2.61. The molecule has 142 valence electrons. The van der Waals surface area contributed by atoms with Crippen molar-refractivity contribution < 1.29 is 17.9 Å². The van der Waals surface area contributed by atoms with Gasteiger partial charge in [0.05, 0.1) is 18.6 Å².